The molecule has 1 saturated heterocycles. The van der Waals surface area contributed by atoms with Gasteiger partial charge in [0.25, 0.3) is 0 Å². The second-order valence-electron chi connectivity index (χ2n) is 6.70. The lowest BCUT2D eigenvalue weighted by Gasteiger charge is -2.26. The van der Waals surface area contributed by atoms with Crippen LogP contribution in [0.4, 0.5) is 5.82 Å². The highest BCUT2D eigenvalue weighted by molar-refractivity contribution is 5.89. The summed E-state index contributed by atoms with van der Waals surface area (Å²) in [4.78, 5) is 26.7. The summed E-state index contributed by atoms with van der Waals surface area (Å²) < 4.78 is 12.1. The Morgan fingerprint density at radius 1 is 1.32 bits per heavy atom. The van der Waals surface area contributed by atoms with Crippen molar-refractivity contribution in [3.8, 4) is 11.4 Å². The molecule has 0 aromatic carbocycles. The van der Waals surface area contributed by atoms with Gasteiger partial charge in [0.1, 0.15) is 28.7 Å². The number of ether oxygens (including phenoxy) is 2. The fourth-order valence-corrected chi connectivity index (χ4v) is 3.33. The summed E-state index contributed by atoms with van der Waals surface area (Å²) in [6.07, 6.45) is 3.58. The fourth-order valence-electron chi connectivity index (χ4n) is 3.33. The van der Waals surface area contributed by atoms with Crippen LogP contribution in [-0.2, 0) is 9.47 Å². The number of nitrogens with zero attached hydrogens (tertiary/aromatic N) is 4. The number of H-pyrrole nitrogens is 1. The minimum atomic E-state index is -0.382. The van der Waals surface area contributed by atoms with Crippen LogP contribution in [0.5, 0.6) is 0 Å². The Morgan fingerprint density at radius 2 is 2.14 bits per heavy atom. The van der Waals surface area contributed by atoms with Crippen LogP contribution in [-0.4, -0.2) is 76.7 Å². The van der Waals surface area contributed by atoms with Crippen molar-refractivity contribution in [2.24, 2.45) is 0 Å². The number of hydrogen-bond donors (Lipinski definition) is 2. The third-order valence-electron chi connectivity index (χ3n) is 4.81. The molecule has 148 valence electrons. The Balaban J connectivity index is 1.66. The molecule has 9 nitrogen and oxygen atoms in total. The molecule has 9 heteroatoms. The first-order valence-corrected chi connectivity index (χ1v) is 9.32. The molecule has 1 fully saturated rings. The zero-order chi connectivity index (χ0) is 19.5. The lowest BCUT2D eigenvalue weighted by atomic mass is 10.3. The number of aryl methyl sites for hydroxylation is 1. The van der Waals surface area contributed by atoms with E-state index < -0.39 is 0 Å². The van der Waals surface area contributed by atoms with Crippen LogP contribution in [0.15, 0.2) is 24.5 Å². The quantitative estimate of drug-likeness (QED) is 0.623. The molecule has 2 N–H and O–H groups in total. The molecule has 0 saturated carbocycles. The summed E-state index contributed by atoms with van der Waals surface area (Å²) in [7, 11) is 1.37. The molecule has 0 unspecified atom stereocenters. The number of imidazole rings is 2. The van der Waals surface area contributed by atoms with Gasteiger partial charge in [-0.1, -0.05) is 0 Å². The van der Waals surface area contributed by atoms with Crippen molar-refractivity contribution in [3.05, 3.63) is 35.9 Å². The van der Waals surface area contributed by atoms with Gasteiger partial charge in [-0.25, -0.2) is 14.8 Å². The van der Waals surface area contributed by atoms with Crippen LogP contribution in [0.2, 0.25) is 0 Å². The van der Waals surface area contributed by atoms with Gasteiger partial charge in [-0.3, -0.25) is 9.30 Å². The standard InChI is InChI=1S/C19H24N6O3/c1-13-21-11-15(22-13)17-18(20-5-6-24-7-9-28-10-8-24)25-12-14(19(26)27-2)3-4-16(25)23-17/h3-4,11-12,20H,5-10H2,1-2H3,(H,21,22). The van der Waals surface area contributed by atoms with Crippen LogP contribution in [0.1, 0.15) is 16.2 Å². The van der Waals surface area contributed by atoms with Crippen molar-refractivity contribution in [1.29, 1.82) is 0 Å². The highest BCUT2D eigenvalue weighted by Gasteiger charge is 2.18. The molecule has 3 aromatic rings. The summed E-state index contributed by atoms with van der Waals surface area (Å²) >= 11 is 0. The van der Waals surface area contributed by atoms with E-state index in [4.69, 9.17) is 14.5 Å². The van der Waals surface area contributed by atoms with Crippen molar-refractivity contribution < 1.29 is 14.3 Å². The molecular weight excluding hydrogens is 360 g/mol. The summed E-state index contributed by atoms with van der Waals surface area (Å²) in [5.74, 6) is 1.24. The second-order valence-corrected chi connectivity index (χ2v) is 6.70. The molecule has 0 radical (unpaired) electrons. The fraction of sp³-hybridized carbons (Fsp3) is 0.421. The predicted molar refractivity (Wildman–Crippen MR) is 105 cm³/mol. The van der Waals surface area contributed by atoms with Gasteiger partial charge < -0.3 is 19.8 Å². The molecule has 4 heterocycles. The van der Waals surface area contributed by atoms with Crippen molar-refractivity contribution >= 4 is 17.4 Å². The van der Waals surface area contributed by atoms with Gasteiger partial charge in [0.2, 0.25) is 0 Å². The highest BCUT2D eigenvalue weighted by atomic mass is 16.5. The molecule has 0 atom stereocenters. The Hall–Kier alpha value is -2.91. The second kappa shape index (κ2) is 7.99. The number of carbonyl (C=O) groups excluding carboxylic acids is 1. The number of anilines is 1. The van der Waals surface area contributed by atoms with E-state index in [0.29, 0.717) is 5.56 Å². The maximum Gasteiger partial charge on any atom is 0.339 e. The third kappa shape index (κ3) is 3.71. The van der Waals surface area contributed by atoms with E-state index >= 15 is 0 Å². The summed E-state index contributed by atoms with van der Waals surface area (Å²) in [6, 6.07) is 3.52. The average molecular weight is 384 g/mol. The number of methoxy groups -OCH3 is 1. The van der Waals surface area contributed by atoms with E-state index in [1.54, 1.807) is 12.3 Å². The molecule has 28 heavy (non-hydrogen) atoms. The minimum absolute atomic E-state index is 0.382. The molecule has 0 aliphatic carbocycles. The number of aromatic amines is 1. The van der Waals surface area contributed by atoms with Crippen LogP contribution in [0, 0.1) is 6.92 Å². The number of carbonyl (C=O) groups is 1. The Labute approximate surface area is 162 Å². The Morgan fingerprint density at radius 3 is 2.86 bits per heavy atom. The smallest absolute Gasteiger partial charge is 0.339 e. The molecule has 0 bridgehead atoms. The predicted octanol–water partition coefficient (Wildman–Crippen LogP) is 1.56. The molecule has 0 spiro atoms. The summed E-state index contributed by atoms with van der Waals surface area (Å²) in [6.45, 7) is 6.96. The van der Waals surface area contributed by atoms with Crippen LogP contribution in [0.3, 0.4) is 0 Å². The van der Waals surface area contributed by atoms with Gasteiger partial charge in [0.05, 0.1) is 25.9 Å². The third-order valence-corrected chi connectivity index (χ3v) is 4.81. The molecule has 1 aliphatic heterocycles. The largest absolute Gasteiger partial charge is 0.465 e. The van der Waals surface area contributed by atoms with Crippen molar-refractivity contribution in [2.75, 3.05) is 51.8 Å². The maximum atomic E-state index is 12.0. The minimum Gasteiger partial charge on any atom is -0.465 e. The van der Waals surface area contributed by atoms with E-state index in [0.717, 1.165) is 68.1 Å². The Bertz CT molecular complexity index is 973. The average Bonchev–Trinajstić information content (AvgIpc) is 3.31. The first kappa shape index (κ1) is 18.5. The van der Waals surface area contributed by atoms with Crippen molar-refractivity contribution in [3.63, 3.8) is 0 Å². The highest BCUT2D eigenvalue weighted by Crippen LogP contribution is 2.28. The molecule has 1 aliphatic rings. The van der Waals surface area contributed by atoms with Crippen LogP contribution < -0.4 is 5.32 Å². The number of fused-ring (bicyclic) bond motifs is 1. The first-order valence-electron chi connectivity index (χ1n) is 9.32. The van der Waals surface area contributed by atoms with Crippen molar-refractivity contribution in [1.82, 2.24) is 24.3 Å². The summed E-state index contributed by atoms with van der Waals surface area (Å²) in [5.41, 5.74) is 2.70. The molecular formula is C19H24N6O3. The first-order chi connectivity index (χ1) is 13.7. The molecule has 3 aromatic heterocycles. The van der Waals surface area contributed by atoms with E-state index in [2.05, 4.69) is 20.2 Å². The van der Waals surface area contributed by atoms with E-state index in [1.165, 1.54) is 7.11 Å². The van der Waals surface area contributed by atoms with Gasteiger partial charge in [0.15, 0.2) is 0 Å². The number of hydrogen-bond acceptors (Lipinski definition) is 7. The van der Waals surface area contributed by atoms with Gasteiger partial charge in [0, 0.05) is 38.6 Å². The number of morpholine rings is 1. The number of aromatic nitrogens is 4. The van der Waals surface area contributed by atoms with Crippen LogP contribution in [0.25, 0.3) is 17.0 Å². The van der Waals surface area contributed by atoms with Gasteiger partial charge >= 0.3 is 5.97 Å². The lowest BCUT2D eigenvalue weighted by Crippen LogP contribution is -2.39. The normalized spacial score (nSPS) is 15.1. The number of nitrogens with one attached hydrogen (secondary N) is 2. The molecule has 0 amide bonds. The maximum absolute atomic E-state index is 12.0. The Kier molecular flexibility index (Phi) is 5.27. The lowest BCUT2D eigenvalue weighted by molar-refractivity contribution is 0.0398. The van der Waals surface area contributed by atoms with Gasteiger partial charge in [-0.15, -0.1) is 0 Å². The topological polar surface area (TPSA) is 96.8 Å². The van der Waals surface area contributed by atoms with E-state index in [9.17, 15) is 4.79 Å². The van der Waals surface area contributed by atoms with E-state index in [1.807, 2.05) is 23.6 Å². The molecule has 4 rings (SSSR count). The number of rotatable bonds is 6. The number of esters is 1. The van der Waals surface area contributed by atoms with Crippen LogP contribution >= 0.6 is 0 Å². The SMILES string of the molecule is COC(=O)c1ccc2nc(-c3c[nH]c(C)n3)c(NCCN3CCOCC3)n2c1. The number of pyridine rings is 1. The zero-order valence-electron chi connectivity index (χ0n) is 16.1. The van der Waals surface area contributed by atoms with E-state index in [-0.39, 0.29) is 5.97 Å². The monoisotopic (exact) mass is 384 g/mol. The zero-order valence-corrected chi connectivity index (χ0v) is 16.1. The van der Waals surface area contributed by atoms with Gasteiger partial charge in [-0.2, -0.15) is 0 Å². The van der Waals surface area contributed by atoms with Gasteiger partial charge in [-0.05, 0) is 19.1 Å². The summed E-state index contributed by atoms with van der Waals surface area (Å²) in [5, 5.41) is 3.49. The van der Waals surface area contributed by atoms with Crippen molar-refractivity contribution in [2.45, 2.75) is 6.92 Å².